The van der Waals surface area contributed by atoms with Gasteiger partial charge in [-0.05, 0) is 78.4 Å². The van der Waals surface area contributed by atoms with Gasteiger partial charge >= 0.3 is 0 Å². The Kier molecular flexibility index (Phi) is 5.61. The van der Waals surface area contributed by atoms with Crippen LogP contribution in [-0.4, -0.2) is 22.0 Å². The Balaban J connectivity index is 1.96. The highest BCUT2D eigenvalue weighted by molar-refractivity contribution is 14.1. The van der Waals surface area contributed by atoms with Crippen molar-refractivity contribution >= 4 is 72.7 Å². The van der Waals surface area contributed by atoms with Crippen LogP contribution >= 0.6 is 38.5 Å². The van der Waals surface area contributed by atoms with Gasteiger partial charge in [0, 0.05) is 26.7 Å². The molecule has 148 valence electrons. The average Bonchev–Trinajstić information content (AvgIpc) is 2.94. The molecule has 1 aliphatic heterocycles. The number of carbonyl (C=O) groups is 1. The highest BCUT2D eigenvalue weighted by Gasteiger charge is 2.32. The minimum Gasteiger partial charge on any atom is -0.308 e. The summed E-state index contributed by atoms with van der Waals surface area (Å²) in [7, 11) is 0. The van der Waals surface area contributed by atoms with E-state index in [-0.39, 0.29) is 11.5 Å². The first-order valence-electron chi connectivity index (χ1n) is 9.48. The molecule has 7 heteroatoms. The number of hydrogen-bond donors (Lipinski definition) is 0. The number of fused-ring (bicyclic) bond motifs is 2. The van der Waals surface area contributed by atoms with Gasteiger partial charge in [0.15, 0.2) is 0 Å². The molecule has 0 bridgehead atoms. The highest BCUT2D eigenvalue weighted by Crippen LogP contribution is 2.39. The smallest absolute Gasteiger partial charge is 0.261 e. The first-order valence-corrected chi connectivity index (χ1v) is 11.3. The van der Waals surface area contributed by atoms with E-state index in [1.165, 1.54) is 0 Å². The molecule has 5 nitrogen and oxygen atoms in total. The Morgan fingerprint density at radius 3 is 2.66 bits per heavy atom. The third-order valence-corrected chi connectivity index (χ3v) is 6.16. The fraction of sp³-hybridized carbons (Fsp3) is 0.227. The van der Waals surface area contributed by atoms with Crippen molar-refractivity contribution in [3.63, 3.8) is 0 Å². The summed E-state index contributed by atoms with van der Waals surface area (Å²) < 4.78 is 3.52. The lowest BCUT2D eigenvalue weighted by molar-refractivity contribution is -0.113. The van der Waals surface area contributed by atoms with Crippen molar-refractivity contribution in [3.8, 4) is 0 Å². The molecule has 0 fully saturated rings. The maximum absolute atomic E-state index is 13.2. The molecule has 0 N–H and O–H groups in total. The van der Waals surface area contributed by atoms with Crippen LogP contribution in [0, 0.1) is 3.57 Å². The number of aromatic nitrogens is 2. The molecule has 2 heterocycles. The molecule has 1 aromatic heterocycles. The maximum Gasteiger partial charge on any atom is 0.261 e. The van der Waals surface area contributed by atoms with E-state index in [2.05, 4.69) is 45.4 Å². The molecule has 3 aromatic rings. The molecule has 2 aromatic carbocycles. The molecule has 4 rings (SSSR count). The number of rotatable bonds is 4. The van der Waals surface area contributed by atoms with Gasteiger partial charge in [0.05, 0.1) is 22.2 Å². The van der Waals surface area contributed by atoms with Gasteiger partial charge in [-0.3, -0.25) is 14.2 Å². The van der Waals surface area contributed by atoms with Crippen LogP contribution in [0.15, 0.2) is 45.7 Å². The van der Waals surface area contributed by atoms with Crippen molar-refractivity contribution in [1.29, 1.82) is 0 Å². The van der Waals surface area contributed by atoms with Gasteiger partial charge in [0.2, 0.25) is 0 Å². The summed E-state index contributed by atoms with van der Waals surface area (Å²) >= 11 is 5.70. The lowest BCUT2D eigenvalue weighted by atomic mass is 10.1. The quantitative estimate of drug-likeness (QED) is 0.328. The molecular weight excluding hydrogens is 545 g/mol. The second kappa shape index (κ2) is 8.02. The SMILES string of the molecule is CCCN1C(=O)/C(=C\c2nc3ccc(I)cc3c(=O)n2CC)c2cc(Br)ccc21. The Morgan fingerprint density at radius 2 is 1.93 bits per heavy atom. The fourth-order valence-electron chi connectivity index (χ4n) is 3.67. The van der Waals surface area contributed by atoms with Crippen molar-refractivity contribution < 1.29 is 4.79 Å². The van der Waals surface area contributed by atoms with Gasteiger partial charge in [-0.2, -0.15) is 0 Å². The Hall–Kier alpha value is -2.00. The number of benzene rings is 2. The summed E-state index contributed by atoms with van der Waals surface area (Å²) in [6.45, 7) is 5.09. The zero-order valence-electron chi connectivity index (χ0n) is 16.1. The van der Waals surface area contributed by atoms with Crippen molar-refractivity contribution in [1.82, 2.24) is 9.55 Å². The molecular formula is C22H19BrIN3O2. The zero-order valence-corrected chi connectivity index (χ0v) is 19.8. The number of carbonyl (C=O) groups excluding carboxylic acids is 1. The van der Waals surface area contributed by atoms with Crippen LogP contribution in [-0.2, 0) is 11.3 Å². The Labute approximate surface area is 190 Å². The number of anilines is 1. The van der Waals surface area contributed by atoms with Crippen LogP contribution in [0.4, 0.5) is 5.69 Å². The van der Waals surface area contributed by atoms with Crippen molar-refractivity contribution in [3.05, 3.63) is 66.2 Å². The molecule has 0 atom stereocenters. The van der Waals surface area contributed by atoms with E-state index in [9.17, 15) is 9.59 Å². The van der Waals surface area contributed by atoms with Gasteiger partial charge in [-0.25, -0.2) is 4.98 Å². The fourth-order valence-corrected chi connectivity index (χ4v) is 4.52. The van der Waals surface area contributed by atoms with Gasteiger partial charge in [0.25, 0.3) is 11.5 Å². The number of halogens is 2. The summed E-state index contributed by atoms with van der Waals surface area (Å²) in [5.74, 6) is 0.443. The predicted octanol–water partition coefficient (Wildman–Crippen LogP) is 5.08. The summed E-state index contributed by atoms with van der Waals surface area (Å²) in [6, 6.07) is 11.5. The third-order valence-electron chi connectivity index (χ3n) is 5.00. The monoisotopic (exact) mass is 563 g/mol. The van der Waals surface area contributed by atoms with E-state index in [0.29, 0.717) is 35.4 Å². The molecule has 0 unspecified atom stereocenters. The summed E-state index contributed by atoms with van der Waals surface area (Å²) in [4.78, 5) is 32.7. The summed E-state index contributed by atoms with van der Waals surface area (Å²) in [5, 5.41) is 0.592. The molecule has 0 saturated carbocycles. The summed E-state index contributed by atoms with van der Waals surface area (Å²) in [6.07, 6.45) is 2.62. The third kappa shape index (κ3) is 3.54. The predicted molar refractivity (Wildman–Crippen MR) is 129 cm³/mol. The maximum atomic E-state index is 13.2. The van der Waals surface area contributed by atoms with Gasteiger partial charge in [-0.15, -0.1) is 0 Å². The van der Waals surface area contributed by atoms with Crippen LogP contribution in [0.5, 0.6) is 0 Å². The largest absolute Gasteiger partial charge is 0.308 e. The molecule has 29 heavy (non-hydrogen) atoms. The molecule has 0 radical (unpaired) electrons. The zero-order chi connectivity index (χ0) is 20.7. The van der Waals surface area contributed by atoms with E-state index < -0.39 is 0 Å². The normalized spacial score (nSPS) is 14.8. The van der Waals surface area contributed by atoms with Crippen molar-refractivity contribution in [2.75, 3.05) is 11.4 Å². The lowest BCUT2D eigenvalue weighted by Crippen LogP contribution is -2.27. The highest BCUT2D eigenvalue weighted by atomic mass is 127. The van der Waals surface area contributed by atoms with E-state index in [1.54, 1.807) is 15.5 Å². The van der Waals surface area contributed by atoms with Crippen molar-refractivity contribution in [2.45, 2.75) is 26.8 Å². The second-order valence-corrected chi connectivity index (χ2v) is 9.02. The van der Waals surface area contributed by atoms with E-state index in [4.69, 9.17) is 4.98 Å². The number of amides is 1. The van der Waals surface area contributed by atoms with Crippen molar-refractivity contribution in [2.24, 2.45) is 0 Å². The van der Waals surface area contributed by atoms with Crippen LogP contribution in [0.1, 0.15) is 31.7 Å². The summed E-state index contributed by atoms with van der Waals surface area (Å²) in [5.41, 5.74) is 2.86. The lowest BCUT2D eigenvalue weighted by Gasteiger charge is -2.15. The van der Waals surface area contributed by atoms with Crippen LogP contribution in [0.2, 0.25) is 0 Å². The minimum atomic E-state index is -0.0896. The van der Waals surface area contributed by atoms with E-state index in [0.717, 1.165) is 25.7 Å². The van der Waals surface area contributed by atoms with Crippen LogP contribution in [0.3, 0.4) is 0 Å². The first-order chi connectivity index (χ1) is 13.9. The molecule has 0 spiro atoms. The topological polar surface area (TPSA) is 55.2 Å². The number of hydrogen-bond acceptors (Lipinski definition) is 3. The number of nitrogens with zero attached hydrogens (tertiary/aromatic N) is 3. The van der Waals surface area contributed by atoms with Gasteiger partial charge < -0.3 is 4.90 Å². The molecule has 1 aliphatic rings. The minimum absolute atomic E-state index is 0.0560. The molecule has 0 aliphatic carbocycles. The second-order valence-electron chi connectivity index (χ2n) is 6.86. The van der Waals surface area contributed by atoms with Crippen LogP contribution in [0.25, 0.3) is 22.6 Å². The molecule has 0 saturated heterocycles. The van der Waals surface area contributed by atoms with E-state index in [1.807, 2.05) is 43.3 Å². The van der Waals surface area contributed by atoms with Gasteiger partial charge in [-0.1, -0.05) is 22.9 Å². The molecule has 1 amide bonds. The van der Waals surface area contributed by atoms with E-state index >= 15 is 0 Å². The Morgan fingerprint density at radius 1 is 1.14 bits per heavy atom. The standard InChI is InChI=1S/C22H19BrIN3O2/c1-3-9-27-19-8-5-13(23)10-15(19)16(21(27)28)12-20-25-18-7-6-14(24)11-17(18)22(29)26(20)4-2/h5-8,10-12H,3-4,9H2,1-2H3/b16-12-. The van der Waals surface area contributed by atoms with Gasteiger partial charge in [0.1, 0.15) is 5.82 Å². The Bertz CT molecular complexity index is 1230. The first kappa shape index (κ1) is 20.3. The average molecular weight is 564 g/mol. The van der Waals surface area contributed by atoms with Crippen LogP contribution < -0.4 is 10.5 Å².